The van der Waals surface area contributed by atoms with E-state index in [1.54, 1.807) is 6.07 Å². The second-order valence-corrected chi connectivity index (χ2v) is 6.10. The third-order valence-electron chi connectivity index (χ3n) is 2.82. The van der Waals surface area contributed by atoms with Crippen LogP contribution < -0.4 is 10.0 Å². The molecular weight excluding hydrogens is 297 g/mol. The first-order valence-electron chi connectivity index (χ1n) is 6.41. The first-order chi connectivity index (χ1) is 10.0. The van der Waals surface area contributed by atoms with Crippen LogP contribution in [0.3, 0.4) is 0 Å². The molecule has 1 heterocycles. The first kappa shape index (κ1) is 15.6. The normalized spacial score (nSPS) is 11.7. The maximum atomic E-state index is 13.6. The molecule has 2 N–H and O–H groups in total. The molecule has 8 heteroatoms. The van der Waals surface area contributed by atoms with Crippen LogP contribution in [0, 0.1) is 5.82 Å². The Balaban J connectivity index is 2.15. The number of hydrogen-bond donors (Lipinski definition) is 2. The van der Waals surface area contributed by atoms with Crippen molar-refractivity contribution in [3.63, 3.8) is 0 Å². The second kappa shape index (κ2) is 6.79. The zero-order valence-corrected chi connectivity index (χ0v) is 12.3. The summed E-state index contributed by atoms with van der Waals surface area (Å²) in [6.07, 6.45) is 1.43. The van der Waals surface area contributed by atoms with E-state index in [4.69, 9.17) is 4.52 Å². The zero-order chi connectivity index (χ0) is 15.3. The second-order valence-electron chi connectivity index (χ2n) is 4.34. The fraction of sp³-hybridized carbons (Fsp3) is 0.308. The van der Waals surface area contributed by atoms with Gasteiger partial charge in [-0.2, -0.15) is 0 Å². The van der Waals surface area contributed by atoms with Gasteiger partial charge in [0, 0.05) is 18.2 Å². The van der Waals surface area contributed by atoms with E-state index in [0.29, 0.717) is 17.9 Å². The van der Waals surface area contributed by atoms with Crippen LogP contribution in [0.1, 0.15) is 18.2 Å². The van der Waals surface area contributed by atoms with Crippen molar-refractivity contribution in [2.45, 2.75) is 24.9 Å². The zero-order valence-electron chi connectivity index (χ0n) is 11.5. The lowest BCUT2D eigenvalue weighted by Gasteiger charge is -2.09. The van der Waals surface area contributed by atoms with Gasteiger partial charge in [0.1, 0.15) is 5.82 Å². The standard InChI is InChI=1S/C13H16FN3O3S/c1-2-15-8-10-7-12(3-4-13(10)14)21(18,19)17-9-11-5-6-16-20-11/h3-7,15,17H,2,8-9H2,1H3. The van der Waals surface area contributed by atoms with E-state index in [2.05, 4.69) is 15.2 Å². The molecular formula is C13H16FN3O3S. The monoisotopic (exact) mass is 313 g/mol. The van der Waals surface area contributed by atoms with Gasteiger partial charge in [-0.1, -0.05) is 12.1 Å². The Bertz CT molecular complexity index is 687. The number of sulfonamides is 1. The summed E-state index contributed by atoms with van der Waals surface area (Å²) in [6, 6.07) is 5.26. The van der Waals surface area contributed by atoms with E-state index >= 15 is 0 Å². The molecule has 0 bridgehead atoms. The molecule has 6 nitrogen and oxygen atoms in total. The fourth-order valence-electron chi connectivity index (χ4n) is 1.70. The van der Waals surface area contributed by atoms with Crippen molar-refractivity contribution in [2.75, 3.05) is 6.54 Å². The molecule has 0 aliphatic rings. The van der Waals surface area contributed by atoms with E-state index in [-0.39, 0.29) is 18.0 Å². The summed E-state index contributed by atoms with van der Waals surface area (Å²) in [6.45, 7) is 2.81. The first-order valence-corrected chi connectivity index (χ1v) is 7.89. The lowest BCUT2D eigenvalue weighted by molar-refractivity contribution is 0.380. The van der Waals surface area contributed by atoms with Gasteiger partial charge in [-0.15, -0.1) is 0 Å². The molecule has 2 rings (SSSR count). The Morgan fingerprint density at radius 1 is 1.29 bits per heavy atom. The highest BCUT2D eigenvalue weighted by Gasteiger charge is 2.16. The van der Waals surface area contributed by atoms with E-state index in [0.717, 1.165) is 6.07 Å². The highest BCUT2D eigenvalue weighted by Crippen LogP contribution is 2.15. The van der Waals surface area contributed by atoms with E-state index in [1.807, 2.05) is 6.92 Å². The molecule has 0 saturated heterocycles. The van der Waals surface area contributed by atoms with Gasteiger partial charge < -0.3 is 9.84 Å². The van der Waals surface area contributed by atoms with Crippen LogP contribution in [0.25, 0.3) is 0 Å². The lowest BCUT2D eigenvalue weighted by atomic mass is 10.2. The summed E-state index contributed by atoms with van der Waals surface area (Å²) in [5, 5.41) is 6.45. The summed E-state index contributed by atoms with van der Waals surface area (Å²) >= 11 is 0. The van der Waals surface area contributed by atoms with Gasteiger partial charge in [0.05, 0.1) is 17.6 Å². The molecule has 0 saturated carbocycles. The maximum absolute atomic E-state index is 13.6. The number of rotatable bonds is 7. The summed E-state index contributed by atoms with van der Waals surface area (Å²) in [7, 11) is -3.73. The third kappa shape index (κ3) is 4.10. The predicted octanol–water partition coefficient (Wildman–Crippen LogP) is 1.40. The van der Waals surface area contributed by atoms with Crippen molar-refractivity contribution in [2.24, 2.45) is 0 Å². The van der Waals surface area contributed by atoms with Gasteiger partial charge in [0.15, 0.2) is 5.76 Å². The maximum Gasteiger partial charge on any atom is 0.240 e. The highest BCUT2D eigenvalue weighted by molar-refractivity contribution is 7.89. The highest BCUT2D eigenvalue weighted by atomic mass is 32.2. The third-order valence-corrected chi connectivity index (χ3v) is 4.22. The lowest BCUT2D eigenvalue weighted by Crippen LogP contribution is -2.23. The van der Waals surface area contributed by atoms with Crippen LogP contribution in [-0.4, -0.2) is 20.1 Å². The van der Waals surface area contributed by atoms with Crippen molar-refractivity contribution < 1.29 is 17.3 Å². The average Bonchev–Trinajstić information content (AvgIpc) is 2.97. The van der Waals surface area contributed by atoms with Crippen molar-refractivity contribution >= 4 is 10.0 Å². The van der Waals surface area contributed by atoms with Gasteiger partial charge in [-0.05, 0) is 24.7 Å². The van der Waals surface area contributed by atoms with Crippen LogP contribution in [0.4, 0.5) is 4.39 Å². The predicted molar refractivity (Wildman–Crippen MR) is 74.3 cm³/mol. The van der Waals surface area contributed by atoms with Crippen molar-refractivity contribution in [1.82, 2.24) is 15.2 Å². The summed E-state index contributed by atoms with van der Waals surface area (Å²) in [4.78, 5) is 0.0105. The summed E-state index contributed by atoms with van der Waals surface area (Å²) < 4.78 is 45.1. The Morgan fingerprint density at radius 3 is 2.76 bits per heavy atom. The van der Waals surface area contributed by atoms with Crippen LogP contribution in [-0.2, 0) is 23.1 Å². The number of nitrogens with zero attached hydrogens (tertiary/aromatic N) is 1. The van der Waals surface area contributed by atoms with Crippen LogP contribution in [0.2, 0.25) is 0 Å². The number of nitrogens with one attached hydrogen (secondary N) is 2. The molecule has 0 atom stereocenters. The van der Waals surface area contributed by atoms with Crippen molar-refractivity contribution in [1.29, 1.82) is 0 Å². The number of hydrogen-bond acceptors (Lipinski definition) is 5. The van der Waals surface area contributed by atoms with E-state index < -0.39 is 15.8 Å². The average molecular weight is 313 g/mol. The molecule has 2 aromatic rings. The molecule has 21 heavy (non-hydrogen) atoms. The van der Waals surface area contributed by atoms with Gasteiger partial charge in [-0.25, -0.2) is 17.5 Å². The molecule has 0 spiro atoms. The largest absolute Gasteiger partial charge is 0.360 e. The molecule has 0 radical (unpaired) electrons. The van der Waals surface area contributed by atoms with Gasteiger partial charge in [0.25, 0.3) is 0 Å². The summed E-state index contributed by atoms with van der Waals surface area (Å²) in [5.74, 6) is -0.0429. The van der Waals surface area contributed by atoms with E-state index in [9.17, 15) is 12.8 Å². The van der Waals surface area contributed by atoms with Crippen LogP contribution in [0.15, 0.2) is 39.9 Å². The minimum Gasteiger partial charge on any atom is -0.360 e. The number of aromatic nitrogens is 1. The van der Waals surface area contributed by atoms with Gasteiger partial charge >= 0.3 is 0 Å². The molecule has 0 amide bonds. The number of benzene rings is 1. The molecule has 1 aromatic carbocycles. The topological polar surface area (TPSA) is 84.2 Å². The fourth-order valence-corrected chi connectivity index (χ4v) is 2.74. The molecule has 0 unspecified atom stereocenters. The van der Waals surface area contributed by atoms with Crippen LogP contribution >= 0.6 is 0 Å². The molecule has 1 aromatic heterocycles. The molecule has 0 aliphatic carbocycles. The van der Waals surface area contributed by atoms with Gasteiger partial charge in [-0.3, -0.25) is 0 Å². The Hall–Kier alpha value is -1.77. The minimum absolute atomic E-state index is 0.0105. The number of halogens is 1. The Morgan fingerprint density at radius 2 is 2.10 bits per heavy atom. The molecule has 0 fully saturated rings. The van der Waals surface area contributed by atoms with Gasteiger partial charge in [0.2, 0.25) is 10.0 Å². The SMILES string of the molecule is CCNCc1cc(S(=O)(=O)NCc2ccno2)ccc1F. The smallest absolute Gasteiger partial charge is 0.240 e. The van der Waals surface area contributed by atoms with Crippen molar-refractivity contribution in [3.05, 3.63) is 47.6 Å². The Kier molecular flexibility index (Phi) is 5.05. The Labute approximate surface area is 122 Å². The molecule has 0 aliphatic heterocycles. The quantitative estimate of drug-likeness (QED) is 0.807. The molecule has 114 valence electrons. The van der Waals surface area contributed by atoms with E-state index in [1.165, 1.54) is 18.3 Å². The van der Waals surface area contributed by atoms with Crippen LogP contribution in [0.5, 0.6) is 0 Å². The van der Waals surface area contributed by atoms with Crippen molar-refractivity contribution in [3.8, 4) is 0 Å². The summed E-state index contributed by atoms with van der Waals surface area (Å²) in [5.41, 5.74) is 0.305. The minimum atomic E-state index is -3.73.